The highest BCUT2D eigenvalue weighted by Crippen LogP contribution is 2.38. The smallest absolute Gasteiger partial charge is 0.324 e. The Morgan fingerprint density at radius 1 is 1.41 bits per heavy atom. The largest absolute Gasteiger partial charge is 0.416 e. The Morgan fingerprint density at radius 2 is 2.00 bits per heavy atom. The Bertz CT molecular complexity index is 428. The minimum Gasteiger partial charge on any atom is -0.324 e. The van der Waals surface area contributed by atoms with Crippen molar-refractivity contribution in [2.24, 2.45) is 5.73 Å². The lowest BCUT2D eigenvalue weighted by Crippen LogP contribution is -2.19. The van der Waals surface area contributed by atoms with Crippen LogP contribution in [0.4, 0.5) is 17.6 Å². The zero-order valence-corrected chi connectivity index (χ0v) is 9.45. The first kappa shape index (κ1) is 14.0. The molecule has 0 amide bonds. The number of hydrogen-bond acceptors (Lipinski definition) is 1. The van der Waals surface area contributed by atoms with Gasteiger partial charge in [0, 0.05) is 11.6 Å². The standard InChI is InChI=1S/C11H10ClF4N/c1-2-3-8(17)9-6(11(14,15)16)4-5-7(12)10(9)13/h2,4-5,8H,1,3,17H2/t8-/m0/s1. The molecule has 0 saturated heterocycles. The molecule has 0 aromatic heterocycles. The average molecular weight is 268 g/mol. The number of nitrogens with two attached hydrogens (primary N) is 1. The van der Waals surface area contributed by atoms with Crippen molar-refractivity contribution in [2.45, 2.75) is 18.6 Å². The van der Waals surface area contributed by atoms with Gasteiger partial charge in [0.25, 0.3) is 0 Å². The molecule has 17 heavy (non-hydrogen) atoms. The quantitative estimate of drug-likeness (QED) is 0.648. The van der Waals surface area contributed by atoms with E-state index in [9.17, 15) is 17.6 Å². The van der Waals surface area contributed by atoms with Crippen molar-refractivity contribution in [3.8, 4) is 0 Å². The van der Waals surface area contributed by atoms with Crippen LogP contribution in [0.2, 0.25) is 5.02 Å². The lowest BCUT2D eigenvalue weighted by molar-refractivity contribution is -0.138. The van der Waals surface area contributed by atoms with Crippen LogP contribution in [0.25, 0.3) is 0 Å². The van der Waals surface area contributed by atoms with Crippen LogP contribution < -0.4 is 5.73 Å². The number of rotatable bonds is 3. The molecule has 0 aliphatic carbocycles. The molecule has 0 bridgehead atoms. The highest BCUT2D eigenvalue weighted by Gasteiger charge is 2.36. The summed E-state index contributed by atoms with van der Waals surface area (Å²) in [4.78, 5) is 0. The van der Waals surface area contributed by atoms with Crippen LogP contribution in [0.3, 0.4) is 0 Å². The highest BCUT2D eigenvalue weighted by molar-refractivity contribution is 6.30. The maximum absolute atomic E-state index is 13.6. The van der Waals surface area contributed by atoms with Crippen LogP contribution in [0.1, 0.15) is 23.6 Å². The summed E-state index contributed by atoms with van der Waals surface area (Å²) in [6.45, 7) is 3.35. The highest BCUT2D eigenvalue weighted by atomic mass is 35.5. The summed E-state index contributed by atoms with van der Waals surface area (Å²) in [5.74, 6) is -1.13. The van der Waals surface area contributed by atoms with E-state index in [1.165, 1.54) is 6.08 Å². The van der Waals surface area contributed by atoms with Crippen LogP contribution in [0, 0.1) is 5.82 Å². The Balaban J connectivity index is 3.41. The number of halogens is 5. The second kappa shape index (κ2) is 5.06. The minimum atomic E-state index is -4.67. The molecule has 1 atom stereocenters. The molecule has 0 radical (unpaired) electrons. The van der Waals surface area contributed by atoms with Gasteiger partial charge in [0.1, 0.15) is 5.82 Å². The van der Waals surface area contributed by atoms with E-state index in [2.05, 4.69) is 6.58 Å². The van der Waals surface area contributed by atoms with E-state index in [1.807, 2.05) is 0 Å². The van der Waals surface area contributed by atoms with E-state index in [4.69, 9.17) is 17.3 Å². The number of benzene rings is 1. The van der Waals surface area contributed by atoms with Crippen LogP contribution in [-0.4, -0.2) is 0 Å². The van der Waals surface area contributed by atoms with E-state index < -0.39 is 29.2 Å². The van der Waals surface area contributed by atoms with Crippen LogP contribution in [-0.2, 0) is 6.18 Å². The molecular weight excluding hydrogens is 258 g/mol. The predicted octanol–water partition coefficient (Wildman–Crippen LogP) is 4.07. The molecule has 1 nitrogen and oxygen atoms in total. The number of alkyl halides is 3. The first-order chi connectivity index (χ1) is 7.79. The Kier molecular flexibility index (Phi) is 4.16. The fourth-order valence-electron chi connectivity index (χ4n) is 1.47. The second-order valence-electron chi connectivity index (χ2n) is 3.45. The van der Waals surface area contributed by atoms with Crippen molar-refractivity contribution >= 4 is 11.6 Å². The molecule has 1 rings (SSSR count). The summed E-state index contributed by atoms with van der Waals surface area (Å²) < 4.78 is 51.6. The Labute approximate surface area is 101 Å². The third-order valence-electron chi connectivity index (χ3n) is 2.23. The topological polar surface area (TPSA) is 26.0 Å². The monoisotopic (exact) mass is 267 g/mol. The molecule has 2 N–H and O–H groups in total. The molecule has 1 aromatic carbocycles. The third-order valence-corrected chi connectivity index (χ3v) is 2.52. The van der Waals surface area contributed by atoms with Crippen LogP contribution >= 0.6 is 11.6 Å². The third kappa shape index (κ3) is 2.98. The van der Waals surface area contributed by atoms with Gasteiger partial charge in [-0.15, -0.1) is 6.58 Å². The SMILES string of the molecule is C=CC[C@H](N)c1c(C(F)(F)F)ccc(Cl)c1F. The maximum atomic E-state index is 13.6. The van der Waals surface area contributed by atoms with Crippen molar-refractivity contribution in [2.75, 3.05) is 0 Å². The minimum absolute atomic E-state index is 0.0281. The van der Waals surface area contributed by atoms with Gasteiger partial charge in [-0.3, -0.25) is 0 Å². The van der Waals surface area contributed by atoms with E-state index >= 15 is 0 Å². The van der Waals surface area contributed by atoms with Crippen molar-refractivity contribution in [3.63, 3.8) is 0 Å². The van der Waals surface area contributed by atoms with E-state index in [-0.39, 0.29) is 11.4 Å². The van der Waals surface area contributed by atoms with Gasteiger partial charge in [0.05, 0.1) is 10.6 Å². The summed E-state index contributed by atoms with van der Waals surface area (Å²) in [6, 6.07) is 0.468. The second-order valence-corrected chi connectivity index (χ2v) is 3.86. The fourth-order valence-corrected chi connectivity index (χ4v) is 1.64. The van der Waals surface area contributed by atoms with Gasteiger partial charge in [-0.25, -0.2) is 4.39 Å². The molecule has 0 unspecified atom stereocenters. The molecule has 0 fully saturated rings. The first-order valence-corrected chi connectivity index (χ1v) is 5.08. The molecular formula is C11H10ClF4N. The van der Waals surface area contributed by atoms with E-state index in [0.717, 1.165) is 12.1 Å². The van der Waals surface area contributed by atoms with E-state index in [0.29, 0.717) is 0 Å². The Hall–Kier alpha value is -1.07. The van der Waals surface area contributed by atoms with Gasteiger partial charge in [0.2, 0.25) is 0 Å². The van der Waals surface area contributed by atoms with Crippen LogP contribution in [0.15, 0.2) is 24.8 Å². The Morgan fingerprint density at radius 3 is 2.47 bits per heavy atom. The van der Waals surface area contributed by atoms with Crippen molar-refractivity contribution in [1.82, 2.24) is 0 Å². The first-order valence-electron chi connectivity index (χ1n) is 4.70. The maximum Gasteiger partial charge on any atom is 0.416 e. The van der Waals surface area contributed by atoms with Crippen LogP contribution in [0.5, 0.6) is 0 Å². The molecule has 0 saturated carbocycles. The number of hydrogen-bond donors (Lipinski definition) is 1. The van der Waals surface area contributed by atoms with Crippen molar-refractivity contribution < 1.29 is 17.6 Å². The zero-order chi connectivity index (χ0) is 13.2. The summed E-state index contributed by atoms with van der Waals surface area (Å²) >= 11 is 5.46. The summed E-state index contributed by atoms with van der Waals surface area (Å²) in [7, 11) is 0. The lowest BCUT2D eigenvalue weighted by Gasteiger charge is -2.18. The molecule has 0 aliphatic rings. The summed E-state index contributed by atoms with van der Waals surface area (Å²) in [6.07, 6.45) is -3.31. The molecule has 0 aliphatic heterocycles. The lowest BCUT2D eigenvalue weighted by atomic mass is 9.97. The van der Waals surface area contributed by atoms with Gasteiger partial charge in [-0.1, -0.05) is 17.7 Å². The van der Waals surface area contributed by atoms with Gasteiger partial charge in [-0.05, 0) is 18.6 Å². The molecule has 0 heterocycles. The normalized spacial score (nSPS) is 13.5. The molecule has 94 valence electrons. The van der Waals surface area contributed by atoms with Gasteiger partial charge in [-0.2, -0.15) is 13.2 Å². The zero-order valence-electron chi connectivity index (χ0n) is 8.69. The van der Waals surface area contributed by atoms with Gasteiger partial charge >= 0.3 is 6.18 Å². The summed E-state index contributed by atoms with van der Waals surface area (Å²) in [5, 5.41) is -0.382. The predicted molar refractivity (Wildman–Crippen MR) is 58.2 cm³/mol. The molecule has 0 spiro atoms. The summed E-state index contributed by atoms with van der Waals surface area (Å²) in [5.41, 5.74) is 3.78. The fraction of sp³-hybridized carbons (Fsp3) is 0.273. The average Bonchev–Trinajstić information content (AvgIpc) is 2.20. The molecule has 1 aromatic rings. The van der Waals surface area contributed by atoms with E-state index in [1.54, 1.807) is 0 Å². The van der Waals surface area contributed by atoms with Crippen molar-refractivity contribution in [1.29, 1.82) is 0 Å². The van der Waals surface area contributed by atoms with Gasteiger partial charge in [0.15, 0.2) is 0 Å². The van der Waals surface area contributed by atoms with Crippen molar-refractivity contribution in [3.05, 3.63) is 46.8 Å². The van der Waals surface area contributed by atoms with Gasteiger partial charge < -0.3 is 5.73 Å². The molecule has 6 heteroatoms.